The van der Waals surface area contributed by atoms with Gasteiger partial charge in [0.1, 0.15) is 11.4 Å². The summed E-state index contributed by atoms with van der Waals surface area (Å²) in [5, 5.41) is 26.3. The summed E-state index contributed by atoms with van der Waals surface area (Å²) in [7, 11) is 0. The zero-order chi connectivity index (χ0) is 17.1. The van der Waals surface area contributed by atoms with Crippen LogP contribution in [-0.4, -0.2) is 26.3 Å². The molecule has 0 aliphatic carbocycles. The number of phenols is 1. The highest BCUT2D eigenvalue weighted by Crippen LogP contribution is 2.29. The largest absolute Gasteiger partial charge is 0.508 e. The van der Waals surface area contributed by atoms with Gasteiger partial charge in [-0.05, 0) is 49.2 Å². The third-order valence-electron chi connectivity index (χ3n) is 3.71. The summed E-state index contributed by atoms with van der Waals surface area (Å²) in [6, 6.07) is 8.21. The first kappa shape index (κ1) is 15.8. The lowest BCUT2D eigenvalue weighted by Crippen LogP contribution is -2.21. The van der Waals surface area contributed by atoms with E-state index in [9.17, 15) is 10.3 Å². The van der Waals surface area contributed by atoms with Crippen LogP contribution in [0.25, 0.3) is 11.5 Å². The molecule has 0 aliphatic heterocycles. The van der Waals surface area contributed by atoms with Crippen molar-refractivity contribution in [3.05, 3.63) is 53.4 Å². The standard InChI is InChI=1S/C17H18N4O3/c1-3-13-14(15(20-19-13)16-10(2)8-9-24-16)17(21-23)18-11-4-6-12(22)7-5-11/h4-9,22-23H,3H2,1-2H3,(H,18,21)(H,19,20). The van der Waals surface area contributed by atoms with E-state index in [4.69, 9.17) is 4.42 Å². The van der Waals surface area contributed by atoms with Gasteiger partial charge in [0.25, 0.3) is 0 Å². The number of aromatic hydroxyl groups is 1. The van der Waals surface area contributed by atoms with Crippen LogP contribution in [0.2, 0.25) is 0 Å². The zero-order valence-corrected chi connectivity index (χ0v) is 13.4. The third-order valence-corrected chi connectivity index (χ3v) is 3.71. The molecular formula is C17H18N4O3. The number of furan rings is 1. The second-order valence-corrected chi connectivity index (χ2v) is 5.30. The molecule has 0 unspecified atom stereocenters. The quantitative estimate of drug-likeness (QED) is 0.334. The molecule has 0 spiro atoms. The summed E-state index contributed by atoms with van der Waals surface area (Å²) >= 11 is 0. The number of nitrogens with one attached hydrogen (secondary N) is 2. The Kier molecular flexibility index (Phi) is 4.35. The number of aromatic nitrogens is 2. The maximum absolute atomic E-state index is 9.62. The molecule has 0 radical (unpaired) electrons. The van der Waals surface area contributed by atoms with Gasteiger partial charge in [-0.25, -0.2) is 4.99 Å². The molecule has 0 bridgehead atoms. The maximum Gasteiger partial charge on any atom is 0.161 e. The fourth-order valence-electron chi connectivity index (χ4n) is 2.46. The summed E-state index contributed by atoms with van der Waals surface area (Å²) in [4.78, 5) is 4.41. The Bertz CT molecular complexity index is 862. The number of hydrogen-bond acceptors (Lipinski definition) is 5. The number of benzene rings is 1. The number of rotatable bonds is 4. The molecule has 7 nitrogen and oxygen atoms in total. The minimum Gasteiger partial charge on any atom is -0.508 e. The van der Waals surface area contributed by atoms with Crippen molar-refractivity contribution in [2.24, 2.45) is 4.99 Å². The topological polar surface area (TPSA) is 107 Å². The first-order chi connectivity index (χ1) is 11.6. The van der Waals surface area contributed by atoms with Crippen molar-refractivity contribution in [3.63, 3.8) is 0 Å². The molecule has 0 saturated heterocycles. The van der Waals surface area contributed by atoms with Gasteiger partial charge in [0.05, 0.1) is 17.5 Å². The lowest BCUT2D eigenvalue weighted by Gasteiger charge is -2.07. The molecule has 0 atom stereocenters. The third kappa shape index (κ3) is 2.89. The number of nitrogens with zero attached hydrogens (tertiary/aromatic N) is 2. The number of aryl methyl sites for hydroxylation is 2. The Morgan fingerprint density at radius 3 is 2.62 bits per heavy atom. The number of hydroxylamine groups is 1. The van der Waals surface area contributed by atoms with E-state index in [1.165, 1.54) is 12.1 Å². The number of phenolic OH excluding ortho intramolecular Hbond substituents is 1. The first-order valence-corrected chi connectivity index (χ1v) is 7.54. The van der Waals surface area contributed by atoms with E-state index in [0.717, 1.165) is 11.3 Å². The monoisotopic (exact) mass is 326 g/mol. The summed E-state index contributed by atoms with van der Waals surface area (Å²) in [6.07, 6.45) is 2.27. The highest BCUT2D eigenvalue weighted by molar-refractivity contribution is 6.05. The van der Waals surface area contributed by atoms with E-state index in [2.05, 4.69) is 20.7 Å². The lowest BCUT2D eigenvalue weighted by atomic mass is 10.1. The summed E-state index contributed by atoms with van der Waals surface area (Å²) in [5.41, 5.74) is 5.71. The number of hydrogen-bond donors (Lipinski definition) is 4. The number of aromatic amines is 1. The van der Waals surface area contributed by atoms with Gasteiger partial charge in [0.15, 0.2) is 11.6 Å². The van der Waals surface area contributed by atoms with Gasteiger partial charge >= 0.3 is 0 Å². The molecular weight excluding hydrogens is 308 g/mol. The highest BCUT2D eigenvalue weighted by atomic mass is 16.5. The zero-order valence-electron chi connectivity index (χ0n) is 13.4. The van der Waals surface area contributed by atoms with Gasteiger partial charge < -0.3 is 9.52 Å². The Labute approximate surface area is 138 Å². The van der Waals surface area contributed by atoms with E-state index < -0.39 is 0 Å². The lowest BCUT2D eigenvalue weighted by molar-refractivity contribution is 0.235. The Morgan fingerprint density at radius 1 is 1.29 bits per heavy atom. The number of aliphatic imine (C=N–C) groups is 1. The van der Waals surface area contributed by atoms with E-state index >= 15 is 0 Å². The van der Waals surface area contributed by atoms with E-state index in [1.54, 1.807) is 18.4 Å². The smallest absolute Gasteiger partial charge is 0.161 e. The second kappa shape index (κ2) is 6.59. The average molecular weight is 326 g/mol. The van der Waals surface area contributed by atoms with E-state index in [0.29, 0.717) is 29.1 Å². The molecule has 3 rings (SSSR count). The van der Waals surface area contributed by atoms with Gasteiger partial charge in [-0.3, -0.25) is 15.8 Å². The molecule has 4 N–H and O–H groups in total. The molecule has 7 heteroatoms. The summed E-state index contributed by atoms with van der Waals surface area (Å²) in [6.45, 7) is 3.90. The van der Waals surface area contributed by atoms with Crippen LogP contribution >= 0.6 is 0 Å². The molecule has 0 fully saturated rings. The van der Waals surface area contributed by atoms with Gasteiger partial charge in [-0.15, -0.1) is 0 Å². The van der Waals surface area contributed by atoms with Crippen LogP contribution in [0.4, 0.5) is 5.69 Å². The van der Waals surface area contributed by atoms with Crippen molar-refractivity contribution in [2.75, 3.05) is 0 Å². The Morgan fingerprint density at radius 2 is 2.04 bits per heavy atom. The van der Waals surface area contributed by atoms with Crippen molar-refractivity contribution >= 4 is 11.5 Å². The van der Waals surface area contributed by atoms with Crippen molar-refractivity contribution in [1.82, 2.24) is 15.7 Å². The normalized spacial score (nSPS) is 11.7. The summed E-state index contributed by atoms with van der Waals surface area (Å²) in [5.74, 6) is 1.02. The first-order valence-electron chi connectivity index (χ1n) is 7.54. The van der Waals surface area contributed by atoms with Crippen LogP contribution in [-0.2, 0) is 6.42 Å². The average Bonchev–Trinajstić information content (AvgIpc) is 3.19. The number of H-pyrrole nitrogens is 1. The number of amidine groups is 1. The maximum atomic E-state index is 9.62. The van der Waals surface area contributed by atoms with Crippen LogP contribution in [0.1, 0.15) is 23.7 Å². The van der Waals surface area contributed by atoms with Crippen molar-refractivity contribution in [3.8, 4) is 17.2 Å². The molecule has 0 saturated carbocycles. The molecule has 3 aromatic rings. The molecule has 0 amide bonds. The minimum absolute atomic E-state index is 0.150. The fraction of sp³-hybridized carbons (Fsp3) is 0.176. The molecule has 2 aromatic heterocycles. The Balaban J connectivity index is 2.13. The van der Waals surface area contributed by atoms with Crippen LogP contribution in [0.3, 0.4) is 0 Å². The van der Waals surface area contributed by atoms with Crippen LogP contribution < -0.4 is 5.48 Å². The van der Waals surface area contributed by atoms with Gasteiger partial charge in [0.2, 0.25) is 0 Å². The van der Waals surface area contributed by atoms with Crippen molar-refractivity contribution < 1.29 is 14.7 Å². The predicted molar refractivity (Wildman–Crippen MR) is 89.6 cm³/mol. The van der Waals surface area contributed by atoms with Gasteiger partial charge in [-0.2, -0.15) is 5.10 Å². The predicted octanol–water partition coefficient (Wildman–Crippen LogP) is 3.30. The second-order valence-electron chi connectivity index (χ2n) is 5.30. The van der Waals surface area contributed by atoms with Crippen LogP contribution in [0.15, 0.2) is 46.0 Å². The molecule has 0 aliphatic rings. The SMILES string of the molecule is CCc1[nH]nc(-c2occc2C)c1C(=Nc1ccc(O)cc1)NO. The van der Waals surface area contributed by atoms with Crippen molar-refractivity contribution in [2.45, 2.75) is 20.3 Å². The van der Waals surface area contributed by atoms with E-state index in [-0.39, 0.29) is 11.6 Å². The van der Waals surface area contributed by atoms with Crippen molar-refractivity contribution in [1.29, 1.82) is 0 Å². The fourth-order valence-corrected chi connectivity index (χ4v) is 2.46. The molecule has 2 heterocycles. The van der Waals surface area contributed by atoms with Gasteiger partial charge in [0, 0.05) is 5.69 Å². The van der Waals surface area contributed by atoms with E-state index in [1.807, 2.05) is 19.9 Å². The molecule has 124 valence electrons. The van der Waals surface area contributed by atoms with Crippen LogP contribution in [0.5, 0.6) is 5.75 Å². The molecule has 24 heavy (non-hydrogen) atoms. The van der Waals surface area contributed by atoms with Crippen LogP contribution in [0, 0.1) is 6.92 Å². The Hall–Kier alpha value is -3.06. The minimum atomic E-state index is 0.150. The summed E-state index contributed by atoms with van der Waals surface area (Å²) < 4.78 is 5.53. The van der Waals surface area contributed by atoms with Gasteiger partial charge in [-0.1, -0.05) is 6.92 Å². The highest BCUT2D eigenvalue weighted by Gasteiger charge is 2.22. The molecule has 1 aromatic carbocycles.